The molecule has 0 unspecified atom stereocenters. The third kappa shape index (κ3) is 3.04. The van der Waals surface area contributed by atoms with Crippen molar-refractivity contribution >= 4 is 43.7 Å². The molecule has 0 fully saturated rings. The van der Waals surface area contributed by atoms with Crippen LogP contribution in [0.3, 0.4) is 0 Å². The summed E-state index contributed by atoms with van der Waals surface area (Å²) in [6.07, 6.45) is 0. The van der Waals surface area contributed by atoms with Crippen molar-refractivity contribution in [3.63, 3.8) is 0 Å². The number of para-hydroxylation sites is 4. The zero-order chi connectivity index (χ0) is 25.3. The highest BCUT2D eigenvalue weighted by molar-refractivity contribution is 6.22. The van der Waals surface area contributed by atoms with Crippen LogP contribution >= 0.6 is 0 Å². The van der Waals surface area contributed by atoms with E-state index in [1.165, 1.54) is 60.8 Å². The zero-order valence-electron chi connectivity index (χ0n) is 21.7. The Hall–Kier alpha value is -4.37. The van der Waals surface area contributed by atoms with Gasteiger partial charge in [-0.2, -0.15) is 4.57 Å². The highest BCUT2D eigenvalue weighted by Gasteiger charge is 2.36. The fraction of sp³-hybridized carbons (Fsp3) is 0.147. The zero-order valence-corrected chi connectivity index (χ0v) is 21.7. The predicted octanol–water partition coefficient (Wildman–Crippen LogP) is 8.00. The number of pyridine rings is 1. The molecule has 0 N–H and O–H groups in total. The van der Waals surface area contributed by atoms with Gasteiger partial charge in [-0.3, -0.25) is 0 Å². The smallest absolute Gasteiger partial charge is 0.241 e. The molecule has 7 rings (SSSR count). The third-order valence-corrected chi connectivity index (χ3v) is 7.59. The Bertz CT molecular complexity index is 1950. The molecule has 4 aromatic carbocycles. The molecule has 0 amide bonds. The largest absolute Gasteiger partial charge is 0.307 e. The van der Waals surface area contributed by atoms with Crippen molar-refractivity contribution in [3.8, 4) is 11.4 Å². The third-order valence-electron chi connectivity index (χ3n) is 7.59. The van der Waals surface area contributed by atoms with Crippen molar-refractivity contribution in [3.05, 3.63) is 115 Å². The molecule has 3 nitrogen and oxygen atoms in total. The monoisotopic (exact) mass is 480 g/mol. The Morgan fingerprint density at radius 3 is 1.57 bits per heavy atom. The summed E-state index contributed by atoms with van der Waals surface area (Å²) in [5, 5.41) is 3.87. The van der Waals surface area contributed by atoms with Crippen LogP contribution in [0.4, 0.5) is 0 Å². The van der Waals surface area contributed by atoms with Gasteiger partial charge in [0.15, 0.2) is 5.69 Å². The molecule has 0 bridgehead atoms. The molecular weight excluding hydrogens is 450 g/mol. The maximum atomic E-state index is 2.47. The van der Waals surface area contributed by atoms with Gasteiger partial charge in [0.25, 0.3) is 0 Å². The van der Waals surface area contributed by atoms with Gasteiger partial charge in [0.2, 0.25) is 5.52 Å². The van der Waals surface area contributed by atoms with Crippen molar-refractivity contribution in [2.24, 2.45) is 7.05 Å². The van der Waals surface area contributed by atoms with Gasteiger partial charge in [0.1, 0.15) is 12.6 Å². The fourth-order valence-electron chi connectivity index (χ4n) is 6.33. The van der Waals surface area contributed by atoms with Crippen LogP contribution in [0.25, 0.3) is 55.1 Å². The number of benzene rings is 4. The topological polar surface area (TPSA) is 13.7 Å². The second-order valence-electron chi connectivity index (χ2n) is 11.0. The quantitative estimate of drug-likeness (QED) is 0.223. The second-order valence-corrected chi connectivity index (χ2v) is 11.0. The van der Waals surface area contributed by atoms with Crippen molar-refractivity contribution in [1.82, 2.24) is 9.13 Å². The minimum Gasteiger partial charge on any atom is -0.307 e. The minimum absolute atomic E-state index is 0.0667. The van der Waals surface area contributed by atoms with Crippen LogP contribution in [0.2, 0.25) is 0 Å². The van der Waals surface area contributed by atoms with E-state index in [2.05, 4.69) is 151 Å². The fourth-order valence-corrected chi connectivity index (χ4v) is 6.33. The highest BCUT2D eigenvalue weighted by Crippen LogP contribution is 2.43. The number of fused-ring (bicyclic) bond motifs is 7. The second kappa shape index (κ2) is 7.81. The summed E-state index contributed by atoms with van der Waals surface area (Å²) in [6.45, 7) is 7.00. The first-order chi connectivity index (χ1) is 18.0. The van der Waals surface area contributed by atoms with E-state index in [1.807, 2.05) is 0 Å². The summed E-state index contributed by atoms with van der Waals surface area (Å²) in [5.41, 5.74) is 9.82. The van der Waals surface area contributed by atoms with Gasteiger partial charge in [-0.1, -0.05) is 87.5 Å². The van der Waals surface area contributed by atoms with Gasteiger partial charge in [-0.15, -0.1) is 0 Å². The Morgan fingerprint density at radius 2 is 1.00 bits per heavy atom. The van der Waals surface area contributed by atoms with Crippen LogP contribution in [-0.4, -0.2) is 9.13 Å². The Kier molecular flexibility index (Phi) is 4.62. The highest BCUT2D eigenvalue weighted by atomic mass is 15.1. The molecule has 3 heterocycles. The maximum absolute atomic E-state index is 2.47. The van der Waals surface area contributed by atoms with E-state index in [1.54, 1.807) is 0 Å². The average Bonchev–Trinajstić information content (AvgIpc) is 3.43. The number of aromatic nitrogens is 3. The molecule has 0 aliphatic carbocycles. The summed E-state index contributed by atoms with van der Waals surface area (Å²) in [5.74, 6) is 0. The van der Waals surface area contributed by atoms with Gasteiger partial charge in [-0.05, 0) is 42.5 Å². The van der Waals surface area contributed by atoms with E-state index < -0.39 is 0 Å². The Balaban J connectivity index is 1.89. The normalized spacial score (nSPS) is 12.3. The lowest BCUT2D eigenvalue weighted by molar-refractivity contribution is -0.654. The summed E-state index contributed by atoms with van der Waals surface area (Å²) in [4.78, 5) is 0. The van der Waals surface area contributed by atoms with Crippen LogP contribution in [0.5, 0.6) is 0 Å². The molecule has 0 saturated carbocycles. The van der Waals surface area contributed by atoms with Crippen molar-refractivity contribution < 1.29 is 4.57 Å². The van der Waals surface area contributed by atoms with Gasteiger partial charge in [0.05, 0.1) is 27.3 Å². The first kappa shape index (κ1) is 21.9. The Morgan fingerprint density at radius 1 is 0.541 bits per heavy atom. The standard InChI is InChI=1S/C34H30N3/c1-34(2,3)33-29-25-19-11-13-21-27(25)36(23-15-7-5-8-16-23)31(29)32-30(35(33)4)26-20-12-14-22-28(26)37(32)24-17-9-6-10-18-24/h5-22H,1-4H3/q+1. The van der Waals surface area contributed by atoms with Crippen molar-refractivity contribution in [2.75, 3.05) is 0 Å². The van der Waals surface area contributed by atoms with E-state index in [9.17, 15) is 0 Å². The SMILES string of the molecule is C[n+]1c(C(C)(C)C)c2c3ccccc3n(-c3ccccc3)c2c2c1c1ccccc1n2-c1ccccc1. The summed E-state index contributed by atoms with van der Waals surface area (Å²) >= 11 is 0. The summed E-state index contributed by atoms with van der Waals surface area (Å²) < 4.78 is 7.39. The molecule has 0 radical (unpaired) electrons. The molecule has 180 valence electrons. The van der Waals surface area contributed by atoms with E-state index in [-0.39, 0.29) is 5.41 Å². The van der Waals surface area contributed by atoms with Gasteiger partial charge >= 0.3 is 0 Å². The lowest BCUT2D eigenvalue weighted by atomic mass is 9.87. The molecule has 7 aromatic rings. The van der Waals surface area contributed by atoms with E-state index in [0.29, 0.717) is 0 Å². The first-order valence-electron chi connectivity index (χ1n) is 13.0. The lowest BCUT2D eigenvalue weighted by Crippen LogP contribution is -2.40. The number of rotatable bonds is 2. The summed E-state index contributed by atoms with van der Waals surface area (Å²) in [6, 6.07) is 39.3. The van der Waals surface area contributed by atoms with Crippen LogP contribution in [-0.2, 0) is 12.5 Å². The molecule has 0 spiro atoms. The van der Waals surface area contributed by atoms with Gasteiger partial charge < -0.3 is 9.13 Å². The Labute approximate surface area is 216 Å². The summed E-state index contributed by atoms with van der Waals surface area (Å²) in [7, 11) is 2.25. The molecule has 3 aromatic heterocycles. The number of aryl methyl sites for hydroxylation is 1. The molecule has 0 aliphatic heterocycles. The molecule has 0 aliphatic rings. The van der Waals surface area contributed by atoms with Crippen LogP contribution in [0.1, 0.15) is 26.5 Å². The number of hydrogen-bond donors (Lipinski definition) is 0. The first-order valence-corrected chi connectivity index (χ1v) is 13.0. The molecule has 37 heavy (non-hydrogen) atoms. The van der Waals surface area contributed by atoms with E-state index in [0.717, 1.165) is 0 Å². The number of hydrogen-bond acceptors (Lipinski definition) is 0. The molecule has 0 atom stereocenters. The minimum atomic E-state index is -0.0667. The van der Waals surface area contributed by atoms with Crippen LogP contribution < -0.4 is 4.57 Å². The van der Waals surface area contributed by atoms with Crippen LogP contribution in [0, 0.1) is 0 Å². The molecule has 3 heteroatoms. The molecule has 0 saturated heterocycles. The van der Waals surface area contributed by atoms with Crippen molar-refractivity contribution in [2.45, 2.75) is 26.2 Å². The van der Waals surface area contributed by atoms with E-state index >= 15 is 0 Å². The predicted molar refractivity (Wildman–Crippen MR) is 155 cm³/mol. The molecular formula is C34H30N3+. The van der Waals surface area contributed by atoms with E-state index in [4.69, 9.17) is 0 Å². The van der Waals surface area contributed by atoms with Gasteiger partial charge in [-0.25, -0.2) is 0 Å². The maximum Gasteiger partial charge on any atom is 0.241 e. The van der Waals surface area contributed by atoms with Crippen LogP contribution in [0.15, 0.2) is 109 Å². The number of nitrogens with zero attached hydrogens (tertiary/aromatic N) is 3. The van der Waals surface area contributed by atoms with Gasteiger partial charge in [0, 0.05) is 22.2 Å². The average molecular weight is 481 g/mol. The van der Waals surface area contributed by atoms with Crippen molar-refractivity contribution in [1.29, 1.82) is 0 Å². The lowest BCUT2D eigenvalue weighted by Gasteiger charge is -2.19.